The minimum absolute atomic E-state index is 0.557. The average Bonchev–Trinajstić information content (AvgIpc) is 2.40. The van der Waals surface area contributed by atoms with Crippen LogP contribution in [0.25, 0.3) is 0 Å². The molecule has 3 N–H and O–H groups in total. The van der Waals surface area contributed by atoms with Gasteiger partial charge in [0.25, 0.3) is 0 Å². The molecule has 0 saturated carbocycles. The van der Waals surface area contributed by atoms with Crippen LogP contribution in [0.3, 0.4) is 0 Å². The van der Waals surface area contributed by atoms with Crippen molar-refractivity contribution >= 4 is 23.1 Å². The van der Waals surface area contributed by atoms with E-state index in [-0.39, 0.29) is 0 Å². The van der Waals surface area contributed by atoms with Gasteiger partial charge in [-0.15, -0.1) is 5.10 Å². The van der Waals surface area contributed by atoms with E-state index in [4.69, 9.17) is 12.2 Å². The quantitative estimate of drug-likeness (QED) is 0.551. The van der Waals surface area contributed by atoms with Crippen LogP contribution in [0, 0.1) is 0 Å². The molecule has 1 rings (SSSR count). The summed E-state index contributed by atoms with van der Waals surface area (Å²) in [7, 11) is 0. The zero-order valence-corrected chi connectivity index (χ0v) is 6.90. The van der Waals surface area contributed by atoms with Crippen LogP contribution >= 0.6 is 12.2 Å². The first kappa shape index (κ1) is 7.93. The molecule has 1 aromatic rings. The molecular formula is C5H9N5S. The number of nitrogens with one attached hydrogen (secondary N) is 3. The molecule has 5 nitrogen and oxygen atoms in total. The van der Waals surface area contributed by atoms with Crippen LogP contribution in [0.4, 0.5) is 5.82 Å². The molecule has 6 heteroatoms. The smallest absolute Gasteiger partial charge is 0.174 e. The van der Waals surface area contributed by atoms with Crippen LogP contribution in [0.5, 0.6) is 0 Å². The summed E-state index contributed by atoms with van der Waals surface area (Å²) < 4.78 is 0. The van der Waals surface area contributed by atoms with Gasteiger partial charge in [-0.2, -0.15) is 10.3 Å². The van der Waals surface area contributed by atoms with Crippen molar-refractivity contribution in [3.63, 3.8) is 0 Å². The molecule has 0 fully saturated rings. The highest BCUT2D eigenvalue weighted by atomic mass is 32.1. The number of aromatic amines is 1. The van der Waals surface area contributed by atoms with E-state index in [0.717, 1.165) is 6.54 Å². The van der Waals surface area contributed by atoms with Crippen molar-refractivity contribution in [2.45, 2.75) is 6.92 Å². The monoisotopic (exact) mass is 171 g/mol. The first-order chi connectivity index (χ1) is 5.33. The summed E-state index contributed by atoms with van der Waals surface area (Å²) in [5.41, 5.74) is 0. The average molecular weight is 171 g/mol. The van der Waals surface area contributed by atoms with Crippen LogP contribution in [-0.2, 0) is 0 Å². The van der Waals surface area contributed by atoms with E-state index in [1.54, 1.807) is 6.20 Å². The van der Waals surface area contributed by atoms with Crippen molar-refractivity contribution in [3.05, 3.63) is 6.20 Å². The maximum atomic E-state index is 4.90. The van der Waals surface area contributed by atoms with Gasteiger partial charge < -0.3 is 10.6 Å². The Hall–Kier alpha value is -1.17. The summed E-state index contributed by atoms with van der Waals surface area (Å²) in [5.74, 6) is 0.621. The van der Waals surface area contributed by atoms with Gasteiger partial charge in [0.1, 0.15) is 0 Å². The largest absolute Gasteiger partial charge is 0.363 e. The summed E-state index contributed by atoms with van der Waals surface area (Å²) in [5, 5.41) is 16.2. The number of rotatable bonds is 2. The Kier molecular flexibility index (Phi) is 2.79. The molecule has 0 saturated heterocycles. The minimum Gasteiger partial charge on any atom is -0.363 e. The third-order valence-corrected chi connectivity index (χ3v) is 1.24. The van der Waals surface area contributed by atoms with Crippen LogP contribution in [-0.4, -0.2) is 27.1 Å². The van der Waals surface area contributed by atoms with Gasteiger partial charge in [0.2, 0.25) is 0 Å². The predicted octanol–water partition coefficient (Wildman–Crippen LogP) is 0.111. The molecule has 0 bridgehead atoms. The van der Waals surface area contributed by atoms with Crippen molar-refractivity contribution in [3.8, 4) is 0 Å². The van der Waals surface area contributed by atoms with Crippen molar-refractivity contribution in [2.75, 3.05) is 11.9 Å². The van der Waals surface area contributed by atoms with E-state index in [1.165, 1.54) is 0 Å². The van der Waals surface area contributed by atoms with Gasteiger partial charge in [0.05, 0.1) is 6.20 Å². The Labute approximate surface area is 69.6 Å². The van der Waals surface area contributed by atoms with Gasteiger partial charge in [0.15, 0.2) is 10.9 Å². The fourth-order valence-electron chi connectivity index (χ4n) is 0.583. The van der Waals surface area contributed by atoms with E-state index in [0.29, 0.717) is 10.9 Å². The first-order valence-corrected chi connectivity index (χ1v) is 3.64. The molecule has 0 aliphatic heterocycles. The second-order valence-corrected chi connectivity index (χ2v) is 2.25. The van der Waals surface area contributed by atoms with E-state index < -0.39 is 0 Å². The van der Waals surface area contributed by atoms with Crippen molar-refractivity contribution in [1.82, 2.24) is 20.7 Å². The normalized spacial score (nSPS) is 9.18. The lowest BCUT2D eigenvalue weighted by Crippen LogP contribution is -2.27. The molecule has 0 aromatic carbocycles. The topological polar surface area (TPSA) is 65.6 Å². The Morgan fingerprint density at radius 3 is 3.18 bits per heavy atom. The second-order valence-electron chi connectivity index (χ2n) is 1.84. The molecule has 11 heavy (non-hydrogen) atoms. The summed E-state index contributed by atoms with van der Waals surface area (Å²) in [4.78, 5) is 0. The fourth-order valence-corrected chi connectivity index (χ4v) is 0.832. The molecule has 1 aromatic heterocycles. The van der Waals surface area contributed by atoms with Gasteiger partial charge >= 0.3 is 0 Å². The lowest BCUT2D eigenvalue weighted by Gasteiger charge is -2.03. The third kappa shape index (κ3) is 2.50. The van der Waals surface area contributed by atoms with Crippen LogP contribution < -0.4 is 10.6 Å². The molecule has 60 valence electrons. The molecule has 0 atom stereocenters. The zero-order valence-electron chi connectivity index (χ0n) is 6.09. The number of hydrogen-bond acceptors (Lipinski definition) is 3. The number of nitrogens with zero attached hydrogens (tertiary/aromatic N) is 2. The molecular weight excluding hydrogens is 162 g/mol. The maximum absolute atomic E-state index is 4.90. The Morgan fingerprint density at radius 1 is 1.82 bits per heavy atom. The van der Waals surface area contributed by atoms with E-state index >= 15 is 0 Å². The zero-order chi connectivity index (χ0) is 8.10. The SMILES string of the molecule is CCNC(=S)Nc1cn[nH]n1. The maximum Gasteiger partial charge on any atom is 0.174 e. The number of aromatic nitrogens is 3. The lowest BCUT2D eigenvalue weighted by atomic mass is 10.7. The molecule has 0 spiro atoms. The predicted molar refractivity (Wildman–Crippen MR) is 46.3 cm³/mol. The molecule has 1 heterocycles. The lowest BCUT2D eigenvalue weighted by molar-refractivity contribution is 0.940. The van der Waals surface area contributed by atoms with Gasteiger partial charge in [-0.25, -0.2) is 0 Å². The van der Waals surface area contributed by atoms with Crippen LogP contribution in [0.2, 0.25) is 0 Å². The summed E-state index contributed by atoms with van der Waals surface area (Å²) in [6.07, 6.45) is 1.56. The van der Waals surface area contributed by atoms with Gasteiger partial charge in [0, 0.05) is 6.54 Å². The van der Waals surface area contributed by atoms with Crippen LogP contribution in [0.1, 0.15) is 6.92 Å². The van der Waals surface area contributed by atoms with Crippen molar-refractivity contribution in [1.29, 1.82) is 0 Å². The third-order valence-electron chi connectivity index (χ3n) is 0.994. The molecule has 0 amide bonds. The van der Waals surface area contributed by atoms with E-state index in [9.17, 15) is 0 Å². The number of hydrogen-bond donors (Lipinski definition) is 3. The second kappa shape index (κ2) is 3.87. The Balaban J connectivity index is 2.37. The number of thiocarbonyl (C=S) groups is 1. The summed E-state index contributed by atoms with van der Waals surface area (Å²) in [6, 6.07) is 0. The van der Waals surface area contributed by atoms with Crippen LogP contribution in [0.15, 0.2) is 6.20 Å². The first-order valence-electron chi connectivity index (χ1n) is 3.23. The number of anilines is 1. The summed E-state index contributed by atoms with van der Waals surface area (Å²) >= 11 is 4.90. The minimum atomic E-state index is 0.557. The highest BCUT2D eigenvalue weighted by Crippen LogP contribution is 1.94. The van der Waals surface area contributed by atoms with E-state index in [1.807, 2.05) is 6.92 Å². The van der Waals surface area contributed by atoms with Crippen molar-refractivity contribution in [2.24, 2.45) is 0 Å². The fraction of sp³-hybridized carbons (Fsp3) is 0.400. The molecule has 0 aliphatic carbocycles. The molecule has 0 aliphatic rings. The highest BCUT2D eigenvalue weighted by Gasteiger charge is 1.96. The standard InChI is InChI=1S/C5H9N5S/c1-2-6-5(11)8-4-3-7-10-9-4/h3H,2H2,1H3,(H3,6,7,8,9,10,11). The van der Waals surface area contributed by atoms with Gasteiger partial charge in [-0.3, -0.25) is 0 Å². The summed E-state index contributed by atoms with van der Waals surface area (Å²) in [6.45, 7) is 2.76. The van der Waals surface area contributed by atoms with E-state index in [2.05, 4.69) is 26.0 Å². The molecule has 0 radical (unpaired) electrons. The number of H-pyrrole nitrogens is 1. The molecule has 0 unspecified atom stereocenters. The highest BCUT2D eigenvalue weighted by molar-refractivity contribution is 7.80. The van der Waals surface area contributed by atoms with Gasteiger partial charge in [-0.1, -0.05) is 0 Å². The Bertz CT molecular complexity index is 219. The van der Waals surface area contributed by atoms with Gasteiger partial charge in [-0.05, 0) is 19.1 Å². The van der Waals surface area contributed by atoms with Crippen molar-refractivity contribution < 1.29 is 0 Å². The Morgan fingerprint density at radius 2 is 2.64 bits per heavy atom.